The molecule has 22 heteroatoms. The van der Waals surface area contributed by atoms with E-state index in [9.17, 15) is 38.0 Å². The third-order valence-corrected chi connectivity index (χ3v) is 8.13. The summed E-state index contributed by atoms with van der Waals surface area (Å²) < 4.78 is 64.9. The monoisotopic (exact) mass is 586 g/mol. The lowest BCUT2D eigenvalue weighted by Gasteiger charge is -2.19. The maximum Gasteiger partial charge on any atom is 0.490 e. The first-order valence-electron chi connectivity index (χ1n) is 8.69. The van der Waals surface area contributed by atoms with Crippen LogP contribution < -0.4 is 24.0 Å². The molecule has 2 aromatic rings. The maximum atomic E-state index is 13.5. The second kappa shape index (κ2) is 12.4. The number of halogens is 1. The second-order valence-corrected chi connectivity index (χ2v) is 11.1. The van der Waals surface area contributed by atoms with Crippen LogP contribution in [0.5, 0.6) is 0 Å². The Bertz CT molecular complexity index is 1260. The van der Waals surface area contributed by atoms with E-state index < -0.39 is 66.0 Å². The van der Waals surface area contributed by atoms with Crippen molar-refractivity contribution in [1.29, 1.82) is 0 Å². The number of aliphatic hydroxyl groups is 2. The van der Waals surface area contributed by atoms with E-state index in [0.29, 0.717) is 5.39 Å². The number of nitrogens with zero attached hydrogens (tertiary/aromatic N) is 1. The summed E-state index contributed by atoms with van der Waals surface area (Å²) in [6.07, 6.45) is -5.46. The van der Waals surface area contributed by atoms with Gasteiger partial charge < -0.3 is 53.0 Å². The molecule has 18 nitrogen and oxygen atoms in total. The number of rotatable bonds is 8. The van der Waals surface area contributed by atoms with E-state index in [-0.39, 0.29) is 23.8 Å². The molecule has 2 unspecified atom stereocenters. The van der Waals surface area contributed by atoms with Gasteiger partial charge in [-0.2, -0.15) is 8.62 Å². The van der Waals surface area contributed by atoms with E-state index >= 15 is 0 Å². The van der Waals surface area contributed by atoms with Crippen molar-refractivity contribution in [3.63, 3.8) is 0 Å². The molecule has 1 aliphatic rings. The predicted octanol–water partition coefficient (Wildman–Crippen LogP) is 0.589. The fraction of sp³-hybridized carbons (Fsp3) is 0.357. The molecule has 0 saturated carbocycles. The molecule has 0 radical (unpaired) electrons. The third kappa shape index (κ3) is 8.27. The summed E-state index contributed by atoms with van der Waals surface area (Å²) >= 11 is 0. The lowest BCUT2D eigenvalue weighted by molar-refractivity contribution is -0.0533. The summed E-state index contributed by atoms with van der Waals surface area (Å²) in [7, 11) is -16.8. The van der Waals surface area contributed by atoms with E-state index in [1.807, 2.05) is 0 Å². The Labute approximate surface area is 201 Å². The van der Waals surface area contributed by atoms with Gasteiger partial charge in [0.1, 0.15) is 24.1 Å². The van der Waals surface area contributed by atoms with Crippen LogP contribution in [-0.4, -0.2) is 59.3 Å². The summed E-state index contributed by atoms with van der Waals surface area (Å²) in [6, 6.07) is 4.86. The number of fused-ring (bicyclic) bond motifs is 1. The smallest absolute Gasteiger partial charge is 0.387 e. The minimum atomic E-state index is -5.75. The Morgan fingerprint density at radius 1 is 0.944 bits per heavy atom. The highest BCUT2D eigenvalue weighted by Crippen LogP contribution is 2.66. The molecular weight excluding hydrogens is 560 g/mol. The van der Waals surface area contributed by atoms with Crippen molar-refractivity contribution in [2.24, 2.45) is 0 Å². The molecule has 15 N–H and O–H groups in total. The van der Waals surface area contributed by atoms with Gasteiger partial charge >= 0.3 is 23.5 Å². The van der Waals surface area contributed by atoms with E-state index in [0.717, 1.165) is 16.7 Å². The number of phosphoric acid groups is 3. The molecule has 1 aromatic carbocycles. The summed E-state index contributed by atoms with van der Waals surface area (Å²) in [4.78, 5) is 48.3. The van der Waals surface area contributed by atoms with E-state index in [4.69, 9.17) is 19.4 Å². The third-order valence-electron chi connectivity index (χ3n) is 4.32. The molecule has 1 aliphatic heterocycles. The Morgan fingerprint density at radius 2 is 1.56 bits per heavy atom. The average Bonchev–Trinajstić information content (AvgIpc) is 2.93. The maximum absolute atomic E-state index is 13.5. The minimum Gasteiger partial charge on any atom is -0.387 e. The van der Waals surface area contributed by atoms with Crippen molar-refractivity contribution in [1.82, 2.24) is 23.0 Å². The van der Waals surface area contributed by atoms with E-state index in [1.165, 1.54) is 18.3 Å². The fourth-order valence-electron chi connectivity index (χ4n) is 2.99. The number of hydrogen-bond acceptors (Lipinski definition) is 13. The summed E-state index contributed by atoms with van der Waals surface area (Å²) in [5.74, 6) is -0.695. The number of pyridine rings is 1. The van der Waals surface area contributed by atoms with Gasteiger partial charge in [0.15, 0.2) is 6.23 Å². The number of phosphoric ester groups is 1. The molecule has 0 aliphatic carbocycles. The van der Waals surface area contributed by atoms with E-state index in [2.05, 4.69) is 13.1 Å². The molecule has 0 amide bonds. The number of aromatic nitrogens is 1. The van der Waals surface area contributed by atoms with Crippen LogP contribution in [0.25, 0.3) is 10.8 Å². The first-order chi connectivity index (χ1) is 15.1. The molecule has 0 bridgehead atoms. The molecule has 208 valence electrons. The van der Waals surface area contributed by atoms with Crippen molar-refractivity contribution in [2.75, 3.05) is 6.61 Å². The summed E-state index contributed by atoms with van der Waals surface area (Å²) in [6.45, 7) is -1.05. The van der Waals surface area contributed by atoms with Gasteiger partial charge in [-0.3, -0.25) is 13.9 Å². The summed E-state index contributed by atoms with van der Waals surface area (Å²) in [5.41, 5.74) is -0.781. The molecule has 2 heterocycles. The number of benzene rings is 1. The van der Waals surface area contributed by atoms with Crippen LogP contribution in [0.3, 0.4) is 0 Å². The molecule has 36 heavy (non-hydrogen) atoms. The van der Waals surface area contributed by atoms with Crippen molar-refractivity contribution < 1.29 is 65.8 Å². The zero-order valence-corrected chi connectivity index (χ0v) is 20.8. The van der Waals surface area contributed by atoms with Crippen molar-refractivity contribution >= 4 is 34.2 Å². The second-order valence-electron chi connectivity index (χ2n) is 6.69. The van der Waals surface area contributed by atoms with Crippen LogP contribution in [0, 0.1) is 5.82 Å². The van der Waals surface area contributed by atoms with Gasteiger partial charge in [-0.1, -0.05) is 6.07 Å². The Morgan fingerprint density at radius 3 is 2.14 bits per heavy atom. The first kappa shape index (κ1) is 34.5. The highest BCUT2D eigenvalue weighted by Gasteiger charge is 2.46. The van der Waals surface area contributed by atoms with Crippen molar-refractivity contribution in [3.8, 4) is 0 Å². The highest BCUT2D eigenvalue weighted by atomic mass is 31.3. The van der Waals surface area contributed by atoms with Crippen molar-refractivity contribution in [2.45, 2.75) is 24.5 Å². The number of ether oxygens (including phenoxy) is 1. The lowest BCUT2D eigenvalue weighted by Crippen LogP contribution is -2.35. The molecule has 1 aromatic heterocycles. The Kier molecular flexibility index (Phi) is 11.9. The number of hydrogen-bond donors (Lipinski definition) is 9. The van der Waals surface area contributed by atoms with Gasteiger partial charge in [-0.25, -0.2) is 18.1 Å². The van der Waals surface area contributed by atoms with Gasteiger partial charge in [0, 0.05) is 6.20 Å². The molecular formula is C14H26FN4O14P3. The average molecular weight is 586 g/mol. The van der Waals surface area contributed by atoms with Gasteiger partial charge in [0.25, 0.3) is 5.56 Å². The molecule has 1 fully saturated rings. The summed E-state index contributed by atoms with van der Waals surface area (Å²) in [5, 5.41) is 20.7. The van der Waals surface area contributed by atoms with Crippen molar-refractivity contribution in [3.05, 3.63) is 46.6 Å². The Hall–Kier alpha value is -1.47. The van der Waals surface area contributed by atoms with Crippen LogP contribution in [0.2, 0.25) is 0 Å². The van der Waals surface area contributed by atoms with E-state index in [1.54, 1.807) is 0 Å². The van der Waals surface area contributed by atoms with Crippen LogP contribution in [-0.2, 0) is 31.6 Å². The molecule has 0 spiro atoms. The SMILES string of the molecule is N.N.N.O=c1c2cc(F)ccc2ccn1[C@H]1O[C@@H](COP(=O)(O)OP(=O)(O)OP(=O)(O)O)[C@@H](O)[C@H]1O. The van der Waals surface area contributed by atoms with Gasteiger partial charge in [0.05, 0.1) is 12.0 Å². The largest absolute Gasteiger partial charge is 0.490 e. The zero-order chi connectivity index (χ0) is 24.8. The minimum absolute atomic E-state index is 0. The van der Waals surface area contributed by atoms with Gasteiger partial charge in [-0.15, -0.1) is 0 Å². The predicted molar refractivity (Wildman–Crippen MR) is 119 cm³/mol. The van der Waals surface area contributed by atoms with Crippen LogP contribution in [0.4, 0.5) is 4.39 Å². The normalized spacial score (nSPS) is 25.1. The topological polar surface area (TPSA) is 337 Å². The zero-order valence-electron chi connectivity index (χ0n) is 18.1. The standard InChI is InChI=1S/C14H17FNO14P3.3H3N/c15-8-2-1-7-3-4-16(13(19)9(7)5-8)14-12(18)11(17)10(28-14)6-27-32(23,24)30-33(25,26)29-31(20,21)22;;;/h1-5,10-12,14,17-18H,6H2,(H,23,24)(H,25,26)(H2,20,21,22);3*1H3/t10-,11+,12+,14-;;;/m0.../s1. The molecule has 1 saturated heterocycles. The van der Waals surface area contributed by atoms with Gasteiger partial charge in [-0.05, 0) is 23.6 Å². The van der Waals surface area contributed by atoms with Crippen LogP contribution >= 0.6 is 23.5 Å². The van der Waals surface area contributed by atoms with Crippen LogP contribution in [0.15, 0.2) is 35.3 Å². The quantitative estimate of drug-likeness (QED) is 0.191. The van der Waals surface area contributed by atoms with Crippen LogP contribution in [0.1, 0.15) is 6.23 Å². The van der Waals surface area contributed by atoms with Gasteiger partial charge in [0.2, 0.25) is 0 Å². The number of aliphatic hydroxyl groups excluding tert-OH is 2. The molecule has 6 atom stereocenters. The Balaban J connectivity index is 0.00000408. The fourth-order valence-corrected chi connectivity index (χ4v) is 6.02. The highest BCUT2D eigenvalue weighted by molar-refractivity contribution is 7.66. The lowest BCUT2D eigenvalue weighted by atomic mass is 10.1. The molecule has 3 rings (SSSR count). The first-order valence-corrected chi connectivity index (χ1v) is 13.2.